The van der Waals surface area contributed by atoms with Crippen molar-refractivity contribution in [3.8, 4) is 11.8 Å². The first-order chi connectivity index (χ1) is 10.5. The molecule has 7 heteroatoms. The highest BCUT2D eigenvalue weighted by Crippen LogP contribution is 2.24. The van der Waals surface area contributed by atoms with Gasteiger partial charge in [-0.05, 0) is 18.2 Å². The molecule has 1 aromatic carbocycles. The van der Waals surface area contributed by atoms with Gasteiger partial charge in [0.25, 0.3) is 5.91 Å². The van der Waals surface area contributed by atoms with Crippen molar-refractivity contribution >= 4 is 17.4 Å². The van der Waals surface area contributed by atoms with Crippen molar-refractivity contribution in [3.05, 3.63) is 36.0 Å². The third-order valence-electron chi connectivity index (χ3n) is 2.93. The van der Waals surface area contributed by atoms with E-state index in [0.29, 0.717) is 22.8 Å². The quantitative estimate of drug-likeness (QED) is 0.907. The van der Waals surface area contributed by atoms with Gasteiger partial charge in [-0.2, -0.15) is 4.98 Å². The van der Waals surface area contributed by atoms with Crippen molar-refractivity contribution in [2.24, 2.45) is 0 Å². The van der Waals surface area contributed by atoms with Gasteiger partial charge in [0.2, 0.25) is 0 Å². The lowest BCUT2D eigenvalue weighted by Crippen LogP contribution is -2.18. The Kier molecular flexibility index (Phi) is 4.77. The summed E-state index contributed by atoms with van der Waals surface area (Å²) in [5.74, 6) is 0.908. The number of benzene rings is 1. The molecular formula is C15H18N4O3. The fourth-order valence-corrected chi connectivity index (χ4v) is 1.84. The van der Waals surface area contributed by atoms with Gasteiger partial charge in [0.15, 0.2) is 5.82 Å². The summed E-state index contributed by atoms with van der Waals surface area (Å²) in [6, 6.07) is 7.14. The minimum atomic E-state index is -0.268. The number of carbonyl (C=O) groups is 1. The van der Waals surface area contributed by atoms with E-state index in [-0.39, 0.29) is 11.9 Å². The van der Waals surface area contributed by atoms with Crippen LogP contribution in [-0.2, 0) is 0 Å². The number of carbonyl (C=O) groups excluding carboxylic acids is 1. The van der Waals surface area contributed by atoms with Crippen LogP contribution in [0.1, 0.15) is 10.4 Å². The Bertz CT molecular complexity index is 674. The smallest absolute Gasteiger partial charge is 0.318 e. The third kappa shape index (κ3) is 3.43. The Labute approximate surface area is 128 Å². The predicted molar refractivity (Wildman–Crippen MR) is 83.9 cm³/mol. The Morgan fingerprint density at radius 2 is 2.00 bits per heavy atom. The number of rotatable bonds is 5. The van der Waals surface area contributed by atoms with Gasteiger partial charge >= 0.3 is 6.01 Å². The number of hydrogen-bond acceptors (Lipinski definition) is 6. The summed E-state index contributed by atoms with van der Waals surface area (Å²) < 4.78 is 10.1. The van der Waals surface area contributed by atoms with E-state index >= 15 is 0 Å². The molecule has 0 saturated heterocycles. The van der Waals surface area contributed by atoms with Crippen LogP contribution in [0.25, 0.3) is 0 Å². The number of nitrogens with one attached hydrogen (secondary N) is 1. The average Bonchev–Trinajstić information content (AvgIpc) is 2.55. The molecule has 0 unspecified atom stereocenters. The lowest BCUT2D eigenvalue weighted by Gasteiger charge is -2.16. The monoisotopic (exact) mass is 302 g/mol. The van der Waals surface area contributed by atoms with Gasteiger partial charge in [-0.25, -0.2) is 4.98 Å². The van der Waals surface area contributed by atoms with E-state index in [1.165, 1.54) is 13.3 Å². The molecule has 0 aliphatic carbocycles. The molecule has 0 atom stereocenters. The van der Waals surface area contributed by atoms with Gasteiger partial charge in [-0.15, -0.1) is 0 Å². The molecule has 1 N–H and O–H groups in total. The van der Waals surface area contributed by atoms with Crippen LogP contribution in [0.5, 0.6) is 11.8 Å². The van der Waals surface area contributed by atoms with Crippen molar-refractivity contribution in [2.45, 2.75) is 0 Å². The first kappa shape index (κ1) is 15.6. The number of ether oxygens (including phenoxy) is 2. The molecule has 0 aliphatic heterocycles. The van der Waals surface area contributed by atoms with E-state index < -0.39 is 0 Å². The molecule has 1 aromatic heterocycles. The van der Waals surface area contributed by atoms with Crippen LogP contribution < -0.4 is 19.7 Å². The van der Waals surface area contributed by atoms with E-state index in [0.717, 1.165) is 0 Å². The van der Waals surface area contributed by atoms with Crippen LogP contribution in [0.4, 0.5) is 11.5 Å². The number of hydrogen-bond donors (Lipinski definition) is 1. The number of anilines is 2. The van der Waals surface area contributed by atoms with Crippen molar-refractivity contribution < 1.29 is 14.3 Å². The minimum absolute atomic E-state index is 0.239. The Hall–Kier alpha value is -2.83. The molecule has 1 heterocycles. The maximum atomic E-state index is 12.3. The average molecular weight is 302 g/mol. The van der Waals surface area contributed by atoms with Crippen LogP contribution in [0.3, 0.4) is 0 Å². The summed E-state index contributed by atoms with van der Waals surface area (Å²) in [5.41, 5.74) is 0.985. The third-order valence-corrected chi connectivity index (χ3v) is 2.93. The highest BCUT2D eigenvalue weighted by Gasteiger charge is 2.14. The van der Waals surface area contributed by atoms with E-state index in [2.05, 4.69) is 15.3 Å². The number of amides is 1. The Morgan fingerprint density at radius 1 is 1.23 bits per heavy atom. The zero-order chi connectivity index (χ0) is 16.1. The SMILES string of the molecule is COc1cccc(C(=O)Nc2cnc(OC)nc2N(C)C)c1. The highest BCUT2D eigenvalue weighted by molar-refractivity contribution is 6.05. The zero-order valence-electron chi connectivity index (χ0n) is 13.0. The maximum absolute atomic E-state index is 12.3. The summed E-state index contributed by atoms with van der Waals surface area (Å²) in [5, 5.41) is 2.79. The number of aromatic nitrogens is 2. The summed E-state index contributed by atoms with van der Waals surface area (Å²) in [6.45, 7) is 0. The fourth-order valence-electron chi connectivity index (χ4n) is 1.84. The van der Waals surface area contributed by atoms with Crippen molar-refractivity contribution in [1.82, 2.24) is 9.97 Å². The molecule has 116 valence electrons. The molecule has 2 rings (SSSR count). The zero-order valence-corrected chi connectivity index (χ0v) is 13.0. The second kappa shape index (κ2) is 6.75. The van der Waals surface area contributed by atoms with E-state index in [1.807, 2.05) is 14.1 Å². The molecule has 22 heavy (non-hydrogen) atoms. The maximum Gasteiger partial charge on any atom is 0.318 e. The molecular weight excluding hydrogens is 284 g/mol. The number of methoxy groups -OCH3 is 2. The normalized spacial score (nSPS) is 10.0. The lowest BCUT2D eigenvalue weighted by molar-refractivity contribution is 0.102. The van der Waals surface area contributed by atoms with E-state index in [4.69, 9.17) is 9.47 Å². The summed E-state index contributed by atoms with van der Waals surface area (Å²) in [7, 11) is 6.69. The second-order valence-electron chi connectivity index (χ2n) is 4.67. The topological polar surface area (TPSA) is 76.6 Å². The van der Waals surface area contributed by atoms with Gasteiger partial charge in [0.1, 0.15) is 11.4 Å². The molecule has 0 aliphatic rings. The molecule has 0 bridgehead atoms. The Morgan fingerprint density at radius 3 is 2.64 bits per heavy atom. The van der Waals surface area contributed by atoms with Gasteiger partial charge in [-0.1, -0.05) is 6.07 Å². The number of nitrogens with zero attached hydrogens (tertiary/aromatic N) is 3. The second-order valence-corrected chi connectivity index (χ2v) is 4.67. The van der Waals surface area contributed by atoms with Crippen LogP contribution in [0.15, 0.2) is 30.5 Å². The Balaban J connectivity index is 2.27. The molecule has 0 spiro atoms. The van der Waals surface area contributed by atoms with Gasteiger partial charge in [0.05, 0.1) is 20.4 Å². The predicted octanol–water partition coefficient (Wildman–Crippen LogP) is 1.81. The molecule has 0 saturated carbocycles. The van der Waals surface area contributed by atoms with Crippen molar-refractivity contribution in [3.63, 3.8) is 0 Å². The van der Waals surface area contributed by atoms with Crippen LogP contribution in [-0.4, -0.2) is 44.2 Å². The van der Waals surface area contributed by atoms with Crippen molar-refractivity contribution in [2.75, 3.05) is 38.5 Å². The van der Waals surface area contributed by atoms with Gasteiger partial charge in [0, 0.05) is 19.7 Å². The summed E-state index contributed by atoms with van der Waals surface area (Å²) >= 11 is 0. The largest absolute Gasteiger partial charge is 0.497 e. The van der Waals surface area contributed by atoms with Crippen LogP contribution in [0, 0.1) is 0 Å². The van der Waals surface area contributed by atoms with E-state index in [1.54, 1.807) is 36.3 Å². The fraction of sp³-hybridized carbons (Fsp3) is 0.267. The molecule has 0 radical (unpaired) electrons. The minimum Gasteiger partial charge on any atom is -0.497 e. The summed E-state index contributed by atoms with van der Waals surface area (Å²) in [4.78, 5) is 22.4. The highest BCUT2D eigenvalue weighted by atomic mass is 16.5. The molecule has 7 nitrogen and oxygen atoms in total. The first-order valence-electron chi connectivity index (χ1n) is 6.59. The summed E-state index contributed by atoms with van der Waals surface area (Å²) in [6.07, 6.45) is 1.51. The van der Waals surface area contributed by atoms with Gasteiger partial charge < -0.3 is 19.7 Å². The first-order valence-corrected chi connectivity index (χ1v) is 6.59. The van der Waals surface area contributed by atoms with Gasteiger partial charge in [-0.3, -0.25) is 4.79 Å². The van der Waals surface area contributed by atoms with Crippen LogP contribution in [0.2, 0.25) is 0 Å². The molecule has 0 fully saturated rings. The molecule has 1 amide bonds. The molecule has 2 aromatic rings. The van der Waals surface area contributed by atoms with Crippen molar-refractivity contribution in [1.29, 1.82) is 0 Å². The van der Waals surface area contributed by atoms with E-state index in [9.17, 15) is 4.79 Å². The van der Waals surface area contributed by atoms with Crippen LogP contribution >= 0.6 is 0 Å². The lowest BCUT2D eigenvalue weighted by atomic mass is 10.2. The standard InChI is InChI=1S/C15H18N4O3/c1-19(2)13-12(9-16-15(18-13)22-4)17-14(20)10-6-5-7-11(8-10)21-3/h5-9H,1-4H3,(H,17,20).